The van der Waals surface area contributed by atoms with Crippen LogP contribution in [-0.4, -0.2) is 14.5 Å². The summed E-state index contributed by atoms with van der Waals surface area (Å²) in [6.45, 7) is 0. The van der Waals surface area contributed by atoms with E-state index in [1.54, 1.807) is 12.5 Å². The summed E-state index contributed by atoms with van der Waals surface area (Å²) in [5, 5.41) is 2.26. The highest BCUT2D eigenvalue weighted by molar-refractivity contribution is 9.10. The lowest BCUT2D eigenvalue weighted by Crippen LogP contribution is -1.95. The van der Waals surface area contributed by atoms with E-state index in [1.807, 2.05) is 35.2 Å². The second-order valence-electron chi connectivity index (χ2n) is 3.44. The van der Waals surface area contributed by atoms with Gasteiger partial charge in [0.25, 0.3) is 0 Å². The molecule has 3 nitrogen and oxygen atoms in total. The van der Waals surface area contributed by atoms with Crippen LogP contribution in [0.15, 0.2) is 53.7 Å². The molecule has 0 aliphatic heterocycles. The molecule has 0 unspecified atom stereocenters. The Morgan fingerprint density at radius 1 is 1.06 bits per heavy atom. The van der Waals surface area contributed by atoms with Crippen LogP contribution >= 0.6 is 15.9 Å². The summed E-state index contributed by atoms with van der Waals surface area (Å²) >= 11 is 3.54. The summed E-state index contributed by atoms with van der Waals surface area (Å²) < 4.78 is 2.99. The van der Waals surface area contributed by atoms with Crippen LogP contribution in [0.25, 0.3) is 16.6 Å². The predicted octanol–water partition coefficient (Wildman–Crippen LogP) is 3.18. The SMILES string of the molecule is Brc1cccc2c(-n3ccnc3)nccc12. The van der Waals surface area contributed by atoms with Crippen LogP contribution in [0.5, 0.6) is 0 Å². The number of hydrogen-bond donors (Lipinski definition) is 0. The van der Waals surface area contributed by atoms with Gasteiger partial charge in [-0.05, 0) is 12.1 Å². The molecule has 0 aliphatic carbocycles. The van der Waals surface area contributed by atoms with Crippen molar-refractivity contribution >= 4 is 26.7 Å². The standard InChI is InChI=1S/C12H8BrN3/c13-11-3-1-2-10-9(11)4-5-15-12(10)16-7-6-14-8-16/h1-8H. The van der Waals surface area contributed by atoms with E-state index in [2.05, 4.69) is 32.0 Å². The Balaban J connectivity index is 2.38. The quantitative estimate of drug-likeness (QED) is 0.682. The number of rotatable bonds is 1. The molecule has 0 bridgehead atoms. The van der Waals surface area contributed by atoms with Crippen molar-refractivity contribution in [2.45, 2.75) is 0 Å². The first-order valence-electron chi connectivity index (χ1n) is 4.88. The highest BCUT2D eigenvalue weighted by atomic mass is 79.9. The normalized spacial score (nSPS) is 10.8. The molecule has 3 aromatic rings. The minimum atomic E-state index is 0.899. The molecule has 0 saturated carbocycles. The number of hydrogen-bond acceptors (Lipinski definition) is 2. The van der Waals surface area contributed by atoms with Crippen molar-refractivity contribution in [2.75, 3.05) is 0 Å². The number of benzene rings is 1. The highest BCUT2D eigenvalue weighted by Crippen LogP contribution is 2.26. The maximum atomic E-state index is 4.39. The van der Waals surface area contributed by atoms with Gasteiger partial charge in [0.1, 0.15) is 12.1 Å². The summed E-state index contributed by atoms with van der Waals surface area (Å²) in [5.74, 6) is 0.899. The van der Waals surface area contributed by atoms with Gasteiger partial charge in [-0.15, -0.1) is 0 Å². The molecule has 0 amide bonds. The van der Waals surface area contributed by atoms with E-state index in [0.29, 0.717) is 0 Å². The van der Waals surface area contributed by atoms with Crippen LogP contribution in [0, 0.1) is 0 Å². The van der Waals surface area contributed by atoms with E-state index in [4.69, 9.17) is 0 Å². The average Bonchev–Trinajstić information content (AvgIpc) is 2.82. The predicted molar refractivity (Wildman–Crippen MR) is 66.6 cm³/mol. The number of halogens is 1. The minimum Gasteiger partial charge on any atom is -0.290 e. The summed E-state index contributed by atoms with van der Waals surface area (Å²) in [6.07, 6.45) is 7.20. The third-order valence-electron chi connectivity index (χ3n) is 2.48. The van der Waals surface area contributed by atoms with Gasteiger partial charge in [-0.25, -0.2) is 9.97 Å². The molecule has 0 fully saturated rings. The highest BCUT2D eigenvalue weighted by Gasteiger charge is 2.05. The zero-order valence-electron chi connectivity index (χ0n) is 8.34. The van der Waals surface area contributed by atoms with Gasteiger partial charge in [0.15, 0.2) is 0 Å². The molecule has 4 heteroatoms. The van der Waals surface area contributed by atoms with E-state index < -0.39 is 0 Å². The summed E-state index contributed by atoms with van der Waals surface area (Å²) in [5.41, 5.74) is 0. The second-order valence-corrected chi connectivity index (χ2v) is 4.29. The third kappa shape index (κ3) is 1.42. The van der Waals surface area contributed by atoms with Crippen LogP contribution in [0.1, 0.15) is 0 Å². The first kappa shape index (κ1) is 9.54. The van der Waals surface area contributed by atoms with Crippen LogP contribution in [0.4, 0.5) is 0 Å². The Bertz CT molecular complexity index is 632. The number of nitrogens with zero attached hydrogens (tertiary/aromatic N) is 3. The fourth-order valence-corrected chi connectivity index (χ4v) is 2.24. The van der Waals surface area contributed by atoms with Gasteiger partial charge >= 0.3 is 0 Å². The maximum Gasteiger partial charge on any atom is 0.145 e. The molecule has 0 N–H and O–H groups in total. The topological polar surface area (TPSA) is 30.7 Å². The first-order chi connectivity index (χ1) is 7.86. The largest absolute Gasteiger partial charge is 0.290 e. The average molecular weight is 274 g/mol. The molecule has 0 radical (unpaired) electrons. The lowest BCUT2D eigenvalue weighted by molar-refractivity contribution is 1.01. The second kappa shape index (κ2) is 3.72. The van der Waals surface area contributed by atoms with Crippen molar-refractivity contribution in [3.05, 3.63) is 53.7 Å². The lowest BCUT2D eigenvalue weighted by atomic mass is 10.1. The number of imidazole rings is 1. The maximum absolute atomic E-state index is 4.39. The van der Waals surface area contributed by atoms with Crippen molar-refractivity contribution in [3.63, 3.8) is 0 Å². The Kier molecular flexibility index (Phi) is 2.22. The van der Waals surface area contributed by atoms with E-state index in [0.717, 1.165) is 21.1 Å². The van der Waals surface area contributed by atoms with E-state index >= 15 is 0 Å². The van der Waals surface area contributed by atoms with E-state index in [9.17, 15) is 0 Å². The monoisotopic (exact) mass is 273 g/mol. The lowest BCUT2D eigenvalue weighted by Gasteiger charge is -2.06. The molecular formula is C12H8BrN3. The minimum absolute atomic E-state index is 0.899. The zero-order valence-corrected chi connectivity index (χ0v) is 9.92. The Labute approximate surface area is 101 Å². The number of fused-ring (bicyclic) bond motifs is 1. The van der Waals surface area contributed by atoms with Crippen LogP contribution < -0.4 is 0 Å². The fraction of sp³-hybridized carbons (Fsp3) is 0. The molecule has 16 heavy (non-hydrogen) atoms. The van der Waals surface area contributed by atoms with Crippen molar-refractivity contribution in [2.24, 2.45) is 0 Å². The van der Waals surface area contributed by atoms with Gasteiger partial charge in [-0.3, -0.25) is 4.57 Å². The molecule has 0 aliphatic rings. The summed E-state index contributed by atoms with van der Waals surface area (Å²) in [6, 6.07) is 8.09. The molecule has 2 aromatic heterocycles. The summed E-state index contributed by atoms with van der Waals surface area (Å²) in [7, 11) is 0. The fourth-order valence-electron chi connectivity index (χ4n) is 1.74. The molecule has 0 saturated heterocycles. The Morgan fingerprint density at radius 2 is 2.00 bits per heavy atom. The smallest absolute Gasteiger partial charge is 0.145 e. The molecule has 78 valence electrons. The van der Waals surface area contributed by atoms with Crippen molar-refractivity contribution in [1.82, 2.24) is 14.5 Å². The third-order valence-corrected chi connectivity index (χ3v) is 3.17. The van der Waals surface area contributed by atoms with Gasteiger partial charge < -0.3 is 0 Å². The zero-order chi connectivity index (χ0) is 11.0. The van der Waals surface area contributed by atoms with E-state index in [1.165, 1.54) is 0 Å². The molecule has 1 aromatic carbocycles. The number of aromatic nitrogens is 3. The molecule has 0 atom stereocenters. The Hall–Kier alpha value is -1.68. The molecular weight excluding hydrogens is 266 g/mol. The first-order valence-corrected chi connectivity index (χ1v) is 5.67. The van der Waals surface area contributed by atoms with E-state index in [-0.39, 0.29) is 0 Å². The molecule has 0 spiro atoms. The van der Waals surface area contributed by atoms with Crippen molar-refractivity contribution in [3.8, 4) is 5.82 Å². The van der Waals surface area contributed by atoms with Gasteiger partial charge in [0.05, 0.1) is 0 Å². The van der Waals surface area contributed by atoms with Gasteiger partial charge in [-0.1, -0.05) is 28.1 Å². The van der Waals surface area contributed by atoms with Crippen LogP contribution in [-0.2, 0) is 0 Å². The summed E-state index contributed by atoms with van der Waals surface area (Å²) in [4.78, 5) is 8.43. The van der Waals surface area contributed by atoms with Crippen molar-refractivity contribution in [1.29, 1.82) is 0 Å². The van der Waals surface area contributed by atoms with Gasteiger partial charge in [0.2, 0.25) is 0 Å². The molecule has 2 heterocycles. The molecule has 3 rings (SSSR count). The van der Waals surface area contributed by atoms with Crippen LogP contribution in [0.2, 0.25) is 0 Å². The van der Waals surface area contributed by atoms with Crippen LogP contribution in [0.3, 0.4) is 0 Å². The van der Waals surface area contributed by atoms with Gasteiger partial charge in [0, 0.05) is 33.8 Å². The Morgan fingerprint density at radius 3 is 2.81 bits per heavy atom. The number of pyridine rings is 1. The van der Waals surface area contributed by atoms with Gasteiger partial charge in [-0.2, -0.15) is 0 Å². The van der Waals surface area contributed by atoms with Crippen molar-refractivity contribution < 1.29 is 0 Å².